The van der Waals surface area contributed by atoms with Crippen LogP contribution in [0.5, 0.6) is 0 Å². The van der Waals surface area contributed by atoms with E-state index in [2.05, 4.69) is 17.5 Å². The molecule has 0 amide bonds. The summed E-state index contributed by atoms with van der Waals surface area (Å²) in [5, 5.41) is 3.42. The molecule has 80 valence electrons. The molecular weight excluding hydrogens is 189 g/mol. The molecule has 0 fully saturated rings. The number of halogens is 1. The van der Waals surface area contributed by atoms with E-state index in [9.17, 15) is 4.39 Å². The third-order valence-electron chi connectivity index (χ3n) is 2.84. The highest BCUT2D eigenvalue weighted by atomic mass is 19.1. The van der Waals surface area contributed by atoms with Gasteiger partial charge in [0, 0.05) is 12.6 Å². The first-order chi connectivity index (χ1) is 7.25. The zero-order valence-corrected chi connectivity index (χ0v) is 8.96. The summed E-state index contributed by atoms with van der Waals surface area (Å²) in [7, 11) is 0. The van der Waals surface area contributed by atoms with Crippen LogP contribution in [0.15, 0.2) is 30.4 Å². The van der Waals surface area contributed by atoms with Crippen molar-refractivity contribution in [2.75, 3.05) is 0 Å². The lowest BCUT2D eigenvalue weighted by Gasteiger charge is -2.12. The lowest BCUT2D eigenvalue weighted by atomic mass is 10.1. The van der Waals surface area contributed by atoms with E-state index in [0.717, 1.165) is 24.9 Å². The van der Waals surface area contributed by atoms with Crippen LogP contribution in [0.3, 0.4) is 0 Å². The normalized spacial score (nSPS) is 16.1. The molecule has 1 aromatic carbocycles. The van der Waals surface area contributed by atoms with Crippen LogP contribution < -0.4 is 5.32 Å². The van der Waals surface area contributed by atoms with E-state index in [1.54, 1.807) is 13.0 Å². The number of rotatable bonds is 3. The van der Waals surface area contributed by atoms with Crippen LogP contribution in [0, 0.1) is 12.7 Å². The topological polar surface area (TPSA) is 12.0 Å². The molecule has 0 aromatic heterocycles. The van der Waals surface area contributed by atoms with E-state index in [0.29, 0.717) is 11.6 Å². The molecule has 0 atom stereocenters. The molecule has 2 rings (SSSR count). The van der Waals surface area contributed by atoms with Gasteiger partial charge >= 0.3 is 0 Å². The Kier molecular flexibility index (Phi) is 3.17. The highest BCUT2D eigenvalue weighted by molar-refractivity contribution is 5.23. The SMILES string of the molecule is Cc1ccc(CNC2CC=CC2)cc1F. The molecule has 0 heterocycles. The minimum absolute atomic E-state index is 0.112. The van der Waals surface area contributed by atoms with Crippen LogP contribution >= 0.6 is 0 Å². The smallest absolute Gasteiger partial charge is 0.126 e. The van der Waals surface area contributed by atoms with Crippen molar-refractivity contribution in [3.63, 3.8) is 0 Å². The standard InChI is InChI=1S/C13H16FN/c1-10-6-7-11(8-13(10)14)9-15-12-4-2-3-5-12/h2-3,6-8,12,15H,4-5,9H2,1H3. The van der Waals surface area contributed by atoms with Crippen LogP contribution in [0.1, 0.15) is 24.0 Å². The Labute approximate surface area is 90.0 Å². The second-order valence-corrected chi connectivity index (χ2v) is 4.10. The molecule has 1 aliphatic rings. The van der Waals surface area contributed by atoms with Gasteiger partial charge in [-0.1, -0.05) is 24.3 Å². The van der Waals surface area contributed by atoms with E-state index in [1.807, 2.05) is 12.1 Å². The first kappa shape index (κ1) is 10.4. The van der Waals surface area contributed by atoms with E-state index < -0.39 is 0 Å². The second-order valence-electron chi connectivity index (χ2n) is 4.10. The molecule has 0 radical (unpaired) electrons. The van der Waals surface area contributed by atoms with Crippen molar-refractivity contribution in [1.82, 2.24) is 5.32 Å². The van der Waals surface area contributed by atoms with Crippen LogP contribution in [0.25, 0.3) is 0 Å². The fourth-order valence-electron chi connectivity index (χ4n) is 1.79. The summed E-state index contributed by atoms with van der Waals surface area (Å²) in [6.07, 6.45) is 6.56. The maximum Gasteiger partial charge on any atom is 0.126 e. The summed E-state index contributed by atoms with van der Waals surface area (Å²) >= 11 is 0. The molecule has 0 aliphatic heterocycles. The molecule has 0 bridgehead atoms. The quantitative estimate of drug-likeness (QED) is 0.748. The largest absolute Gasteiger partial charge is 0.309 e. The monoisotopic (exact) mass is 205 g/mol. The number of benzene rings is 1. The average molecular weight is 205 g/mol. The summed E-state index contributed by atoms with van der Waals surface area (Å²) in [6, 6.07) is 5.96. The first-order valence-electron chi connectivity index (χ1n) is 5.39. The number of nitrogens with one attached hydrogen (secondary N) is 1. The third-order valence-corrected chi connectivity index (χ3v) is 2.84. The number of hydrogen-bond acceptors (Lipinski definition) is 1. The molecule has 0 unspecified atom stereocenters. The van der Waals surface area contributed by atoms with Gasteiger partial charge in [0.05, 0.1) is 0 Å². The van der Waals surface area contributed by atoms with Gasteiger partial charge in [0.2, 0.25) is 0 Å². The van der Waals surface area contributed by atoms with Crippen molar-refractivity contribution in [2.24, 2.45) is 0 Å². The third kappa shape index (κ3) is 2.66. The van der Waals surface area contributed by atoms with E-state index in [1.165, 1.54) is 0 Å². The van der Waals surface area contributed by atoms with Crippen LogP contribution in [-0.4, -0.2) is 6.04 Å². The van der Waals surface area contributed by atoms with Crippen LogP contribution in [-0.2, 0) is 6.54 Å². The van der Waals surface area contributed by atoms with E-state index >= 15 is 0 Å². The molecule has 1 N–H and O–H groups in total. The first-order valence-corrected chi connectivity index (χ1v) is 5.39. The van der Waals surface area contributed by atoms with Gasteiger partial charge in [0.25, 0.3) is 0 Å². The van der Waals surface area contributed by atoms with Gasteiger partial charge in [-0.2, -0.15) is 0 Å². The Morgan fingerprint density at radius 2 is 2.07 bits per heavy atom. The predicted molar refractivity (Wildman–Crippen MR) is 60.1 cm³/mol. The summed E-state index contributed by atoms with van der Waals surface area (Å²) < 4.78 is 13.2. The van der Waals surface area contributed by atoms with Crippen LogP contribution in [0.4, 0.5) is 4.39 Å². The van der Waals surface area contributed by atoms with Crippen molar-refractivity contribution in [3.05, 3.63) is 47.3 Å². The molecule has 0 spiro atoms. The molecule has 2 heteroatoms. The van der Waals surface area contributed by atoms with Gasteiger partial charge in [0.1, 0.15) is 5.82 Å². The van der Waals surface area contributed by atoms with Gasteiger partial charge in [-0.25, -0.2) is 4.39 Å². The average Bonchev–Trinajstić information content (AvgIpc) is 2.73. The van der Waals surface area contributed by atoms with Crippen molar-refractivity contribution in [1.29, 1.82) is 0 Å². The van der Waals surface area contributed by atoms with Crippen LogP contribution in [0.2, 0.25) is 0 Å². The molecule has 1 aromatic rings. The minimum Gasteiger partial charge on any atom is -0.309 e. The number of aryl methyl sites for hydroxylation is 1. The Hall–Kier alpha value is -1.15. The van der Waals surface area contributed by atoms with E-state index in [4.69, 9.17) is 0 Å². The maximum absolute atomic E-state index is 13.2. The van der Waals surface area contributed by atoms with Gasteiger partial charge in [-0.3, -0.25) is 0 Å². The lowest BCUT2D eigenvalue weighted by molar-refractivity contribution is 0.535. The van der Waals surface area contributed by atoms with E-state index in [-0.39, 0.29) is 5.82 Å². The van der Waals surface area contributed by atoms with Crippen molar-refractivity contribution in [3.8, 4) is 0 Å². The zero-order chi connectivity index (χ0) is 10.7. The van der Waals surface area contributed by atoms with Gasteiger partial charge in [-0.15, -0.1) is 0 Å². The minimum atomic E-state index is -0.112. The Morgan fingerprint density at radius 3 is 2.73 bits per heavy atom. The number of hydrogen-bond donors (Lipinski definition) is 1. The Bertz CT molecular complexity index is 363. The molecular formula is C13H16FN. The van der Waals surface area contributed by atoms with Crippen molar-refractivity contribution < 1.29 is 4.39 Å². The van der Waals surface area contributed by atoms with Gasteiger partial charge < -0.3 is 5.32 Å². The molecule has 1 aliphatic carbocycles. The van der Waals surface area contributed by atoms with Gasteiger partial charge in [0.15, 0.2) is 0 Å². The molecule has 0 saturated carbocycles. The molecule has 0 saturated heterocycles. The molecule has 1 nitrogen and oxygen atoms in total. The fraction of sp³-hybridized carbons (Fsp3) is 0.385. The maximum atomic E-state index is 13.2. The van der Waals surface area contributed by atoms with Crippen molar-refractivity contribution >= 4 is 0 Å². The summed E-state index contributed by atoms with van der Waals surface area (Å²) in [4.78, 5) is 0. The highest BCUT2D eigenvalue weighted by Crippen LogP contribution is 2.12. The predicted octanol–water partition coefficient (Wildman–Crippen LogP) is 2.94. The second kappa shape index (κ2) is 4.58. The highest BCUT2D eigenvalue weighted by Gasteiger charge is 2.09. The van der Waals surface area contributed by atoms with Gasteiger partial charge in [-0.05, 0) is 37.0 Å². The lowest BCUT2D eigenvalue weighted by Crippen LogP contribution is -2.25. The summed E-state index contributed by atoms with van der Waals surface area (Å²) in [6.45, 7) is 2.54. The zero-order valence-electron chi connectivity index (χ0n) is 8.96. The van der Waals surface area contributed by atoms with Crippen molar-refractivity contribution in [2.45, 2.75) is 32.4 Å². The summed E-state index contributed by atoms with van der Waals surface area (Å²) in [5.41, 5.74) is 1.73. The Balaban J connectivity index is 1.90. The summed E-state index contributed by atoms with van der Waals surface area (Å²) in [5.74, 6) is -0.112. The molecule has 15 heavy (non-hydrogen) atoms. The fourth-order valence-corrected chi connectivity index (χ4v) is 1.79. The Morgan fingerprint density at radius 1 is 1.33 bits per heavy atom.